The van der Waals surface area contributed by atoms with Gasteiger partial charge in [0.2, 0.25) is 5.91 Å². The molecule has 1 aliphatic rings. The molecule has 1 amide bonds. The predicted octanol–water partition coefficient (Wildman–Crippen LogP) is 2.12. The summed E-state index contributed by atoms with van der Waals surface area (Å²) in [5, 5.41) is 0.655. The van der Waals surface area contributed by atoms with E-state index in [9.17, 15) is 4.79 Å². The minimum Gasteiger partial charge on any atom is -0.342 e. The van der Waals surface area contributed by atoms with E-state index in [1.54, 1.807) is 0 Å². The van der Waals surface area contributed by atoms with Crippen molar-refractivity contribution in [3.8, 4) is 0 Å². The fourth-order valence-corrected chi connectivity index (χ4v) is 2.21. The lowest BCUT2D eigenvalue weighted by atomic mass is 10.3. The molecule has 1 aliphatic heterocycles. The minimum absolute atomic E-state index is 0.0806. The lowest BCUT2D eigenvalue weighted by molar-refractivity contribution is -0.127. The third-order valence-corrected chi connectivity index (χ3v) is 4.33. The largest absolute Gasteiger partial charge is 0.342 e. The Hall–Kier alpha value is 0.300. The fourth-order valence-electron chi connectivity index (χ4n) is 1.38. The van der Waals surface area contributed by atoms with Crippen LogP contribution in [0.4, 0.5) is 0 Å². The quantitative estimate of drug-likeness (QED) is 0.726. The van der Waals surface area contributed by atoms with E-state index >= 15 is 0 Å². The Bertz CT molecular complexity index is 188. The molecule has 4 heteroatoms. The summed E-state index contributed by atoms with van der Waals surface area (Å²) in [5.74, 6) is 0.272. The fraction of sp³-hybridized carbons (Fsp3) is 0.889. The summed E-state index contributed by atoms with van der Waals surface area (Å²) < 4.78 is 0. The topological polar surface area (TPSA) is 20.3 Å². The van der Waals surface area contributed by atoms with Gasteiger partial charge in [-0.2, -0.15) is 11.8 Å². The van der Waals surface area contributed by atoms with Crippen LogP contribution in [0, 0.1) is 0 Å². The van der Waals surface area contributed by atoms with Gasteiger partial charge < -0.3 is 4.90 Å². The van der Waals surface area contributed by atoms with E-state index in [-0.39, 0.29) is 10.7 Å². The highest BCUT2D eigenvalue weighted by Crippen LogP contribution is 2.19. The van der Waals surface area contributed by atoms with Crippen LogP contribution in [0.25, 0.3) is 0 Å². The molecule has 76 valence electrons. The predicted molar refractivity (Wildman–Crippen MR) is 61.5 cm³/mol. The number of hydrogen-bond acceptors (Lipinski definition) is 2. The van der Waals surface area contributed by atoms with Gasteiger partial charge in [-0.15, -0.1) is 0 Å². The van der Waals surface area contributed by atoms with Gasteiger partial charge in [-0.25, -0.2) is 0 Å². The van der Waals surface area contributed by atoms with Gasteiger partial charge in [0.15, 0.2) is 0 Å². The highest BCUT2D eigenvalue weighted by Gasteiger charge is 2.28. The normalized spacial score (nSPS) is 25.3. The smallest absolute Gasteiger partial charge is 0.236 e. The summed E-state index contributed by atoms with van der Waals surface area (Å²) in [6.07, 6.45) is 4.18. The molecule has 1 rings (SSSR count). The molecule has 0 aromatic heterocycles. The first-order valence-electron chi connectivity index (χ1n) is 4.60. The molecular formula is C9H16BrNOS. The molecule has 1 fully saturated rings. The molecule has 2 unspecified atom stereocenters. The van der Waals surface area contributed by atoms with Gasteiger partial charge in [0, 0.05) is 18.3 Å². The van der Waals surface area contributed by atoms with E-state index in [0.717, 1.165) is 25.9 Å². The van der Waals surface area contributed by atoms with Crippen LogP contribution >= 0.6 is 27.7 Å². The first-order chi connectivity index (χ1) is 6.15. The second-order valence-corrected chi connectivity index (χ2v) is 5.80. The Morgan fingerprint density at radius 1 is 1.77 bits per heavy atom. The van der Waals surface area contributed by atoms with Gasteiger partial charge in [-0.3, -0.25) is 4.79 Å². The second-order valence-electron chi connectivity index (χ2n) is 3.42. The van der Waals surface area contributed by atoms with Crippen molar-refractivity contribution in [1.29, 1.82) is 0 Å². The zero-order valence-corrected chi connectivity index (χ0v) is 10.5. The average molecular weight is 266 g/mol. The van der Waals surface area contributed by atoms with Gasteiger partial charge in [0.05, 0.1) is 4.83 Å². The van der Waals surface area contributed by atoms with Crippen LogP contribution in [0.5, 0.6) is 0 Å². The molecule has 1 saturated heterocycles. The molecule has 0 saturated carbocycles. The van der Waals surface area contributed by atoms with Crippen molar-refractivity contribution in [3.63, 3.8) is 0 Å². The maximum atomic E-state index is 11.5. The van der Waals surface area contributed by atoms with Crippen molar-refractivity contribution in [1.82, 2.24) is 4.90 Å². The third-order valence-electron chi connectivity index (χ3n) is 2.44. The number of rotatable bonds is 4. The van der Waals surface area contributed by atoms with Gasteiger partial charge in [0.1, 0.15) is 0 Å². The summed E-state index contributed by atoms with van der Waals surface area (Å²) in [4.78, 5) is 13.5. The van der Waals surface area contributed by atoms with Gasteiger partial charge in [0.25, 0.3) is 0 Å². The van der Waals surface area contributed by atoms with Crippen molar-refractivity contribution in [3.05, 3.63) is 0 Å². The monoisotopic (exact) mass is 265 g/mol. The molecule has 13 heavy (non-hydrogen) atoms. The highest BCUT2D eigenvalue weighted by molar-refractivity contribution is 9.10. The van der Waals surface area contributed by atoms with E-state index in [1.165, 1.54) is 0 Å². The summed E-state index contributed by atoms with van der Waals surface area (Å²) in [7, 11) is 0. The zero-order valence-electron chi connectivity index (χ0n) is 8.12. The molecule has 0 aromatic carbocycles. The lowest BCUT2D eigenvalue weighted by Crippen LogP contribution is -2.29. The first kappa shape index (κ1) is 11.4. The standard InChI is InChI=1S/C9H16BrNOS/c1-7(13-2)3-5-11-6-4-8(10)9(11)12/h7-8H,3-6H2,1-2H3. The molecule has 0 spiro atoms. The van der Waals surface area contributed by atoms with E-state index in [2.05, 4.69) is 29.1 Å². The van der Waals surface area contributed by atoms with Crippen LogP contribution in [0.3, 0.4) is 0 Å². The Morgan fingerprint density at radius 2 is 2.46 bits per heavy atom. The van der Waals surface area contributed by atoms with Crippen LogP contribution in [0.2, 0.25) is 0 Å². The van der Waals surface area contributed by atoms with Crippen LogP contribution in [0.1, 0.15) is 19.8 Å². The Morgan fingerprint density at radius 3 is 2.92 bits per heavy atom. The van der Waals surface area contributed by atoms with Crippen molar-refractivity contribution in [2.24, 2.45) is 0 Å². The van der Waals surface area contributed by atoms with Crippen molar-refractivity contribution in [2.75, 3.05) is 19.3 Å². The summed E-state index contributed by atoms with van der Waals surface area (Å²) in [6, 6.07) is 0. The molecule has 0 aromatic rings. The zero-order chi connectivity index (χ0) is 9.84. The number of halogens is 1. The molecule has 0 bridgehead atoms. The minimum atomic E-state index is 0.0806. The molecule has 0 aliphatic carbocycles. The second kappa shape index (κ2) is 5.25. The van der Waals surface area contributed by atoms with E-state index in [1.807, 2.05) is 16.7 Å². The van der Waals surface area contributed by atoms with Crippen molar-refractivity contribution in [2.45, 2.75) is 29.8 Å². The van der Waals surface area contributed by atoms with Crippen LogP contribution < -0.4 is 0 Å². The number of nitrogens with zero attached hydrogens (tertiary/aromatic N) is 1. The molecule has 2 atom stereocenters. The summed E-state index contributed by atoms with van der Waals surface area (Å²) in [5.41, 5.74) is 0. The van der Waals surface area contributed by atoms with Crippen LogP contribution in [-0.2, 0) is 4.79 Å². The van der Waals surface area contributed by atoms with E-state index in [4.69, 9.17) is 0 Å². The van der Waals surface area contributed by atoms with Crippen molar-refractivity contribution >= 4 is 33.6 Å². The Balaban J connectivity index is 2.26. The van der Waals surface area contributed by atoms with Gasteiger partial charge in [-0.1, -0.05) is 22.9 Å². The maximum absolute atomic E-state index is 11.5. The Kier molecular flexibility index (Phi) is 4.59. The average Bonchev–Trinajstić information content (AvgIpc) is 2.44. The lowest BCUT2D eigenvalue weighted by Gasteiger charge is -2.17. The van der Waals surface area contributed by atoms with E-state index in [0.29, 0.717) is 5.25 Å². The first-order valence-corrected chi connectivity index (χ1v) is 6.81. The molecule has 1 heterocycles. The van der Waals surface area contributed by atoms with Crippen LogP contribution in [0.15, 0.2) is 0 Å². The van der Waals surface area contributed by atoms with E-state index < -0.39 is 0 Å². The Labute approximate surface area is 92.6 Å². The SMILES string of the molecule is CSC(C)CCN1CCC(Br)C1=O. The van der Waals surface area contributed by atoms with Gasteiger partial charge >= 0.3 is 0 Å². The third kappa shape index (κ3) is 3.17. The molecular weight excluding hydrogens is 250 g/mol. The van der Waals surface area contributed by atoms with Crippen LogP contribution in [-0.4, -0.2) is 40.2 Å². The number of likely N-dealkylation sites (tertiary alicyclic amines) is 1. The number of thioether (sulfide) groups is 1. The highest BCUT2D eigenvalue weighted by atomic mass is 79.9. The molecule has 0 N–H and O–H groups in total. The molecule has 0 radical (unpaired) electrons. The number of alkyl halides is 1. The summed E-state index contributed by atoms with van der Waals surface area (Å²) >= 11 is 5.23. The number of hydrogen-bond donors (Lipinski definition) is 0. The number of amides is 1. The maximum Gasteiger partial charge on any atom is 0.236 e. The number of carbonyl (C=O) groups excluding carboxylic acids is 1. The number of carbonyl (C=O) groups is 1. The van der Waals surface area contributed by atoms with Gasteiger partial charge in [-0.05, 0) is 19.1 Å². The molecule has 2 nitrogen and oxygen atoms in total. The van der Waals surface area contributed by atoms with Crippen molar-refractivity contribution < 1.29 is 4.79 Å². The summed E-state index contributed by atoms with van der Waals surface area (Å²) in [6.45, 7) is 4.05.